The summed E-state index contributed by atoms with van der Waals surface area (Å²) in [7, 11) is 0. The molecule has 0 radical (unpaired) electrons. The second-order valence-electron chi connectivity index (χ2n) is 4.90. The minimum Gasteiger partial charge on any atom is -0.365 e. The Hall–Kier alpha value is -1.19. The molecule has 0 aliphatic heterocycles. The standard InChI is InChI=1S/C13H20FN3/c1-3-11-12(14)13(16-8-15-11)17-9(2)4-5-10-6-7-10/h8-10H,3-7H2,1-2H3,(H,15,16,17). The first kappa shape index (κ1) is 12.3. The van der Waals surface area contributed by atoms with E-state index in [1.54, 1.807) is 0 Å². The van der Waals surface area contributed by atoms with E-state index >= 15 is 0 Å². The van der Waals surface area contributed by atoms with Crippen molar-refractivity contribution < 1.29 is 4.39 Å². The van der Waals surface area contributed by atoms with Crippen LogP contribution in [0.3, 0.4) is 0 Å². The van der Waals surface area contributed by atoms with E-state index in [4.69, 9.17) is 0 Å². The molecule has 0 aromatic carbocycles. The van der Waals surface area contributed by atoms with Gasteiger partial charge in [-0.15, -0.1) is 0 Å². The molecule has 3 nitrogen and oxygen atoms in total. The molecule has 0 saturated heterocycles. The van der Waals surface area contributed by atoms with Crippen LogP contribution in [0.5, 0.6) is 0 Å². The third-order valence-corrected chi connectivity index (χ3v) is 3.28. The fraction of sp³-hybridized carbons (Fsp3) is 0.692. The van der Waals surface area contributed by atoms with Crippen molar-refractivity contribution in [2.24, 2.45) is 5.92 Å². The molecular weight excluding hydrogens is 217 g/mol. The first-order valence-corrected chi connectivity index (χ1v) is 6.46. The molecule has 1 atom stereocenters. The lowest BCUT2D eigenvalue weighted by Gasteiger charge is -2.15. The summed E-state index contributed by atoms with van der Waals surface area (Å²) in [5, 5.41) is 3.14. The van der Waals surface area contributed by atoms with Crippen molar-refractivity contribution in [1.29, 1.82) is 0 Å². The predicted molar refractivity (Wildman–Crippen MR) is 66.4 cm³/mol. The Morgan fingerprint density at radius 3 is 2.88 bits per heavy atom. The molecule has 0 bridgehead atoms. The third-order valence-electron chi connectivity index (χ3n) is 3.28. The van der Waals surface area contributed by atoms with Crippen LogP contribution >= 0.6 is 0 Å². The second kappa shape index (κ2) is 5.43. The minimum absolute atomic E-state index is 0.268. The number of nitrogens with zero attached hydrogens (tertiary/aromatic N) is 2. The van der Waals surface area contributed by atoms with E-state index in [9.17, 15) is 4.39 Å². The summed E-state index contributed by atoms with van der Waals surface area (Å²) in [4.78, 5) is 7.90. The predicted octanol–water partition coefficient (Wildman–Crippen LogP) is 3.17. The molecule has 1 N–H and O–H groups in total. The van der Waals surface area contributed by atoms with Crippen LogP contribution in [0.4, 0.5) is 10.2 Å². The van der Waals surface area contributed by atoms with Crippen molar-refractivity contribution in [3.05, 3.63) is 17.8 Å². The average molecular weight is 237 g/mol. The molecule has 1 fully saturated rings. The van der Waals surface area contributed by atoms with Crippen LogP contribution in [0.1, 0.15) is 45.2 Å². The highest BCUT2D eigenvalue weighted by Crippen LogP contribution is 2.34. The Labute approximate surface area is 102 Å². The molecule has 4 heteroatoms. The minimum atomic E-state index is -0.298. The Morgan fingerprint density at radius 2 is 2.24 bits per heavy atom. The summed E-state index contributed by atoms with van der Waals surface area (Å²) in [6.45, 7) is 3.97. The highest BCUT2D eigenvalue weighted by atomic mass is 19.1. The van der Waals surface area contributed by atoms with Crippen molar-refractivity contribution >= 4 is 5.82 Å². The van der Waals surface area contributed by atoms with Gasteiger partial charge in [-0.1, -0.05) is 19.8 Å². The van der Waals surface area contributed by atoms with Crippen molar-refractivity contribution in [3.8, 4) is 0 Å². The van der Waals surface area contributed by atoms with Crippen LogP contribution in [0.15, 0.2) is 6.33 Å². The van der Waals surface area contributed by atoms with E-state index in [1.165, 1.54) is 25.6 Å². The molecule has 1 aliphatic carbocycles. The van der Waals surface area contributed by atoms with Gasteiger partial charge in [0.05, 0.1) is 5.69 Å². The number of anilines is 1. The summed E-state index contributed by atoms with van der Waals surface area (Å²) in [6.07, 6.45) is 7.08. The van der Waals surface area contributed by atoms with Gasteiger partial charge in [-0.05, 0) is 32.1 Å². The van der Waals surface area contributed by atoms with Crippen LogP contribution in [0.25, 0.3) is 0 Å². The van der Waals surface area contributed by atoms with Crippen LogP contribution in [-0.2, 0) is 6.42 Å². The summed E-state index contributed by atoms with van der Waals surface area (Å²) < 4.78 is 13.9. The van der Waals surface area contributed by atoms with Gasteiger partial charge in [0.25, 0.3) is 0 Å². The van der Waals surface area contributed by atoms with E-state index in [-0.39, 0.29) is 11.9 Å². The molecule has 1 aromatic heterocycles. The van der Waals surface area contributed by atoms with E-state index in [0.29, 0.717) is 17.9 Å². The Kier molecular flexibility index (Phi) is 3.92. The Bertz CT molecular complexity index is 377. The van der Waals surface area contributed by atoms with Crippen LogP contribution in [-0.4, -0.2) is 16.0 Å². The third kappa shape index (κ3) is 3.38. The zero-order chi connectivity index (χ0) is 12.3. The first-order chi connectivity index (χ1) is 8.20. The zero-order valence-electron chi connectivity index (χ0n) is 10.5. The van der Waals surface area contributed by atoms with Crippen molar-refractivity contribution in [2.45, 2.75) is 52.0 Å². The maximum absolute atomic E-state index is 13.9. The second-order valence-corrected chi connectivity index (χ2v) is 4.90. The smallest absolute Gasteiger partial charge is 0.186 e. The molecule has 1 saturated carbocycles. The highest BCUT2D eigenvalue weighted by molar-refractivity contribution is 5.38. The number of hydrogen-bond donors (Lipinski definition) is 1. The van der Waals surface area contributed by atoms with Crippen molar-refractivity contribution in [2.75, 3.05) is 5.32 Å². The van der Waals surface area contributed by atoms with E-state index in [2.05, 4.69) is 22.2 Å². The normalized spacial score (nSPS) is 16.9. The maximum atomic E-state index is 13.9. The molecule has 1 unspecified atom stereocenters. The molecule has 1 aromatic rings. The van der Waals surface area contributed by atoms with Crippen molar-refractivity contribution in [1.82, 2.24) is 9.97 Å². The Balaban J connectivity index is 1.91. The maximum Gasteiger partial charge on any atom is 0.186 e. The number of rotatable bonds is 6. The molecule has 94 valence electrons. The lowest BCUT2D eigenvalue weighted by atomic mass is 10.1. The molecule has 17 heavy (non-hydrogen) atoms. The van der Waals surface area contributed by atoms with Gasteiger partial charge in [0.1, 0.15) is 6.33 Å². The Morgan fingerprint density at radius 1 is 1.47 bits per heavy atom. The molecule has 1 aliphatic rings. The highest BCUT2D eigenvalue weighted by Gasteiger charge is 2.21. The lowest BCUT2D eigenvalue weighted by molar-refractivity contribution is 0.577. The van der Waals surface area contributed by atoms with Gasteiger partial charge in [-0.25, -0.2) is 14.4 Å². The van der Waals surface area contributed by atoms with E-state index in [0.717, 1.165) is 12.3 Å². The SMILES string of the molecule is CCc1ncnc(NC(C)CCC2CC2)c1F. The fourth-order valence-corrected chi connectivity index (χ4v) is 1.95. The van der Waals surface area contributed by atoms with Crippen LogP contribution in [0.2, 0.25) is 0 Å². The van der Waals surface area contributed by atoms with Gasteiger partial charge < -0.3 is 5.32 Å². The van der Waals surface area contributed by atoms with Crippen molar-refractivity contribution in [3.63, 3.8) is 0 Å². The summed E-state index contributed by atoms with van der Waals surface area (Å²) >= 11 is 0. The fourth-order valence-electron chi connectivity index (χ4n) is 1.95. The topological polar surface area (TPSA) is 37.8 Å². The average Bonchev–Trinajstić information content (AvgIpc) is 3.13. The van der Waals surface area contributed by atoms with Gasteiger partial charge in [-0.3, -0.25) is 0 Å². The van der Waals surface area contributed by atoms with E-state index in [1.807, 2.05) is 6.92 Å². The molecule has 1 heterocycles. The summed E-state index contributed by atoms with van der Waals surface area (Å²) in [5.41, 5.74) is 0.483. The zero-order valence-corrected chi connectivity index (χ0v) is 10.5. The van der Waals surface area contributed by atoms with Gasteiger partial charge in [0, 0.05) is 6.04 Å². The van der Waals surface area contributed by atoms with Gasteiger partial charge in [-0.2, -0.15) is 0 Å². The number of aryl methyl sites for hydroxylation is 1. The summed E-state index contributed by atoms with van der Waals surface area (Å²) in [6, 6.07) is 0.268. The number of aromatic nitrogens is 2. The lowest BCUT2D eigenvalue weighted by Crippen LogP contribution is -2.18. The molecular formula is C13H20FN3. The number of halogens is 1. The van der Waals surface area contributed by atoms with E-state index < -0.39 is 0 Å². The van der Waals surface area contributed by atoms with Crippen LogP contribution < -0.4 is 5.32 Å². The largest absolute Gasteiger partial charge is 0.365 e. The quantitative estimate of drug-likeness (QED) is 0.825. The van der Waals surface area contributed by atoms with Crippen LogP contribution in [0, 0.1) is 11.7 Å². The monoisotopic (exact) mass is 237 g/mol. The molecule has 0 spiro atoms. The van der Waals surface area contributed by atoms with Gasteiger partial charge in [0.2, 0.25) is 0 Å². The number of nitrogens with one attached hydrogen (secondary N) is 1. The molecule has 2 rings (SSSR count). The van der Waals surface area contributed by atoms with Gasteiger partial charge in [0.15, 0.2) is 11.6 Å². The molecule has 0 amide bonds. The first-order valence-electron chi connectivity index (χ1n) is 6.46. The summed E-state index contributed by atoms with van der Waals surface area (Å²) in [5.74, 6) is 0.967. The number of hydrogen-bond acceptors (Lipinski definition) is 3. The van der Waals surface area contributed by atoms with Gasteiger partial charge >= 0.3 is 0 Å².